The van der Waals surface area contributed by atoms with Crippen LogP contribution in [-0.2, 0) is 44.4 Å². The maximum Gasteiger partial charge on any atom is 0.186 e. The minimum absolute atomic E-state index is 0.0186. The fourth-order valence-corrected chi connectivity index (χ4v) is 14.8. The van der Waals surface area contributed by atoms with Crippen molar-refractivity contribution in [2.75, 3.05) is 39.6 Å². The molecule has 0 amide bonds. The fourth-order valence-electron chi connectivity index (χ4n) is 14.8. The highest BCUT2D eigenvalue weighted by molar-refractivity contribution is 5.57. The normalized spacial score (nSPS) is 49.9. The standard InChI is InChI=1S/C57H89N3O28/c61-15-22-8-31-37(68)42(73)50(22)81-30-9-23(16-62)51(43(74)36(30)67)83-32-11-25(18-64)53(45(76)38(32)69)85-34-13-27(20-66)55(47(78)40(34)71)88-57-49(80)48(79)56(29(87-57)6-7-60-14-28(58-59-60)21-4-2-1-3-5-21)86-35-12-26(19-65)54(46(77)41(35)72)84-33-10-24(17-63)52(82-31)44(75)39(33)70/h1-5,14,22-27,29-57,61-80H,6-13,15-20H2/t22-,23-,24-,25-,26-,27-,29-,30+,31+,32+,33+,34+,35+,36+,37+,38+,39+,40+,41+,42-,43-,44-,45-,46-,47-,48-,49-,50-,51-,52-,53-,54-,55-,56-,57-/m1/s1. The number of aliphatic hydroxyl groups excluding tert-OH is 20. The number of nitrogens with zero attached hydrogens (tertiary/aromatic N) is 3. The summed E-state index contributed by atoms with van der Waals surface area (Å²) in [6.45, 7) is -4.26. The summed E-state index contributed by atoms with van der Waals surface area (Å²) in [5.74, 6) is -6.53. The Morgan fingerprint density at radius 3 is 0.932 bits per heavy atom. The van der Waals surface area contributed by atoms with E-state index in [1.54, 1.807) is 6.20 Å². The summed E-state index contributed by atoms with van der Waals surface area (Å²) in [5.41, 5.74) is 1.26. The van der Waals surface area contributed by atoms with E-state index in [9.17, 15) is 102 Å². The largest absolute Gasteiger partial charge is 0.396 e. The molecular weight excluding hydrogens is 1170 g/mol. The van der Waals surface area contributed by atoms with E-state index in [2.05, 4.69) is 10.3 Å². The van der Waals surface area contributed by atoms with Crippen molar-refractivity contribution in [1.29, 1.82) is 0 Å². The molecule has 15 aliphatic heterocycles. The zero-order valence-corrected chi connectivity index (χ0v) is 48.1. The zero-order valence-electron chi connectivity index (χ0n) is 48.1. The quantitative estimate of drug-likeness (QED) is 0.105. The van der Waals surface area contributed by atoms with Gasteiger partial charge in [-0.1, -0.05) is 35.5 Å². The molecule has 1 aromatic carbocycles. The summed E-state index contributed by atoms with van der Waals surface area (Å²) < 4.78 is 51.4. The Balaban J connectivity index is 0.946. The average Bonchev–Trinajstić information content (AvgIpc) is 1.46. The van der Waals surface area contributed by atoms with Gasteiger partial charge in [-0.05, 0) is 44.9 Å². The van der Waals surface area contributed by atoms with Crippen LogP contribution in [0.1, 0.15) is 44.9 Å². The molecule has 20 N–H and O–H groups in total. The van der Waals surface area contributed by atoms with Gasteiger partial charge in [-0.15, -0.1) is 5.10 Å². The number of aryl methyl sites for hydroxylation is 1. The number of benzene rings is 1. The lowest BCUT2D eigenvalue weighted by Gasteiger charge is -2.50. The highest BCUT2D eigenvalue weighted by Crippen LogP contribution is 2.44. The van der Waals surface area contributed by atoms with Gasteiger partial charge in [-0.2, -0.15) is 0 Å². The van der Waals surface area contributed by atoms with Gasteiger partial charge in [0.2, 0.25) is 0 Å². The first kappa shape index (κ1) is 68.1. The van der Waals surface area contributed by atoms with Crippen LogP contribution in [0, 0.1) is 35.5 Å². The van der Waals surface area contributed by atoms with Crippen molar-refractivity contribution < 1.29 is 140 Å². The van der Waals surface area contributed by atoms with Gasteiger partial charge in [0.1, 0.15) is 97.3 Å². The summed E-state index contributed by atoms with van der Waals surface area (Å²) in [6.07, 6.45) is -48.8. The Kier molecular flexibility index (Phi) is 22.6. The van der Waals surface area contributed by atoms with Crippen molar-refractivity contribution in [1.82, 2.24) is 15.0 Å². The second-order valence-corrected chi connectivity index (χ2v) is 25.4. The van der Waals surface area contributed by atoms with E-state index in [1.165, 1.54) is 4.68 Å². The summed E-state index contributed by atoms with van der Waals surface area (Å²) in [6, 6.07) is 9.10. The van der Waals surface area contributed by atoms with E-state index < -0.39 is 252 Å². The molecular formula is C57H89N3O28. The number of hydrogen-bond donors (Lipinski definition) is 20. The third-order valence-corrected chi connectivity index (χ3v) is 20.0. The molecule has 31 heteroatoms. The zero-order chi connectivity index (χ0) is 63.2. The molecule has 500 valence electrons. The van der Waals surface area contributed by atoms with Crippen LogP contribution in [0.2, 0.25) is 0 Å². The van der Waals surface area contributed by atoms with Gasteiger partial charge in [0.15, 0.2) is 6.29 Å². The molecule has 0 unspecified atom stereocenters. The van der Waals surface area contributed by atoms with Crippen LogP contribution in [-0.4, -0.2) is 334 Å². The predicted octanol–water partition coefficient (Wildman–Crippen LogP) is -8.89. The third-order valence-electron chi connectivity index (χ3n) is 20.0. The van der Waals surface area contributed by atoms with Crippen LogP contribution in [0.25, 0.3) is 11.3 Å². The van der Waals surface area contributed by atoms with Gasteiger partial charge >= 0.3 is 0 Å². The van der Waals surface area contributed by atoms with Gasteiger partial charge in [0.25, 0.3) is 0 Å². The molecule has 6 aliphatic carbocycles. The molecule has 0 radical (unpaired) electrons. The number of aromatic nitrogens is 3. The lowest BCUT2D eigenvalue weighted by atomic mass is 9.77. The van der Waals surface area contributed by atoms with E-state index in [0.29, 0.717) is 5.69 Å². The molecule has 21 fully saturated rings. The smallest absolute Gasteiger partial charge is 0.186 e. The maximum atomic E-state index is 12.0. The van der Waals surface area contributed by atoms with Crippen molar-refractivity contribution in [3.8, 4) is 11.3 Å². The molecule has 21 aliphatic rings. The molecule has 1 aromatic heterocycles. The monoisotopic (exact) mass is 1260 g/mol. The molecule has 16 heterocycles. The van der Waals surface area contributed by atoms with E-state index >= 15 is 0 Å². The van der Waals surface area contributed by atoms with Crippen LogP contribution in [0.15, 0.2) is 36.5 Å². The van der Waals surface area contributed by atoms with E-state index in [0.717, 1.165) is 5.56 Å². The summed E-state index contributed by atoms with van der Waals surface area (Å²) in [5, 5.41) is 237. The van der Waals surface area contributed by atoms with Crippen molar-refractivity contribution >= 4 is 0 Å². The van der Waals surface area contributed by atoms with Crippen LogP contribution in [0.3, 0.4) is 0 Å². The Bertz CT molecular complexity index is 2460. The van der Waals surface area contributed by atoms with Crippen molar-refractivity contribution in [3.05, 3.63) is 36.5 Å². The minimum Gasteiger partial charge on any atom is -0.396 e. The molecule has 2 aromatic rings. The lowest BCUT2D eigenvalue weighted by molar-refractivity contribution is -0.343. The van der Waals surface area contributed by atoms with E-state index in [-0.39, 0.29) is 51.5 Å². The Hall–Kier alpha value is -2.76. The summed E-state index contributed by atoms with van der Waals surface area (Å²) in [7, 11) is 0. The molecule has 31 nitrogen and oxygen atoms in total. The topological polar surface area (TPSA) is 509 Å². The van der Waals surface area contributed by atoms with Gasteiger partial charge in [0.05, 0.1) is 85.5 Å². The Labute approximate surface area is 505 Å². The van der Waals surface area contributed by atoms with Gasteiger partial charge in [-0.3, -0.25) is 4.68 Å². The van der Waals surface area contributed by atoms with Crippen LogP contribution >= 0.6 is 0 Å². The maximum absolute atomic E-state index is 12.0. The number of rotatable bonds is 10. The third kappa shape index (κ3) is 13.6. The average molecular weight is 1260 g/mol. The van der Waals surface area contributed by atoms with Gasteiger partial charge in [0, 0.05) is 87.3 Å². The first-order chi connectivity index (χ1) is 42.1. The van der Waals surface area contributed by atoms with E-state index in [1.807, 2.05) is 30.3 Å². The first-order valence-corrected chi connectivity index (χ1v) is 30.5. The Morgan fingerprint density at radius 2 is 0.625 bits per heavy atom. The van der Waals surface area contributed by atoms with Crippen LogP contribution in [0.5, 0.6) is 0 Å². The predicted molar refractivity (Wildman–Crippen MR) is 291 cm³/mol. The van der Waals surface area contributed by atoms with Gasteiger partial charge in [-0.25, -0.2) is 0 Å². The fraction of sp³-hybridized carbons (Fsp3) is 0.860. The van der Waals surface area contributed by atoms with Crippen molar-refractivity contribution in [2.24, 2.45) is 35.5 Å². The molecule has 6 saturated carbocycles. The highest BCUT2D eigenvalue weighted by atomic mass is 16.7. The minimum atomic E-state index is -2.02. The Morgan fingerprint density at radius 1 is 0.341 bits per heavy atom. The number of ether oxygens (including phenoxy) is 8. The second kappa shape index (κ2) is 29.3. The number of aliphatic hydroxyl groups is 20. The SMILES string of the molecule is OC[C@H]1C[C@@H]2O[C@@H]3[C@@H](CO)C[C@H](O[C@@H]4[C@@H](CO)C[C@H](O[C@@H]5[C@@H](CO)C[C@H](O[C@@H]6[C@@H](CO)C[C@H](O[C@@H]7[C@@H](CO)C[C@H](O[C@H]8[C@H](O)[C@@H](O)[C@@H](O[C@H]1[C@H](O)[C@H]2O)O[C@@H]8CCn1cc(-c2ccccc2)nn1)[C@H](O)[C@H]7O)[C@H](O)[C@H]6O)[C@H](O)[C@H]5O)[C@H](O)[C@H]4O)[C@H](O)[C@H]3O. The molecule has 88 heavy (non-hydrogen) atoms. The molecule has 14 bridgehead atoms. The molecule has 15 saturated heterocycles. The van der Waals surface area contributed by atoms with E-state index in [4.69, 9.17) is 37.9 Å². The molecule has 0 spiro atoms. The molecule has 35 atom stereocenters. The van der Waals surface area contributed by atoms with Crippen LogP contribution < -0.4 is 0 Å². The first-order valence-electron chi connectivity index (χ1n) is 30.5. The second-order valence-electron chi connectivity index (χ2n) is 25.4. The molecule has 23 rings (SSSR count). The summed E-state index contributed by atoms with van der Waals surface area (Å²) >= 11 is 0. The lowest BCUT2D eigenvalue weighted by Crippen LogP contribution is -2.65. The van der Waals surface area contributed by atoms with Crippen molar-refractivity contribution in [3.63, 3.8) is 0 Å². The summed E-state index contributed by atoms with van der Waals surface area (Å²) in [4.78, 5) is 0. The van der Waals surface area contributed by atoms with Crippen molar-refractivity contribution in [2.45, 2.75) is 229 Å². The number of hydrogen-bond acceptors (Lipinski definition) is 30. The van der Waals surface area contributed by atoms with Gasteiger partial charge < -0.3 is 140 Å². The highest BCUT2D eigenvalue weighted by Gasteiger charge is 2.58. The van der Waals surface area contributed by atoms with Crippen LogP contribution in [0.4, 0.5) is 0 Å².